The third kappa shape index (κ3) is 6.31. The number of rotatable bonds is 6. The number of carbonyl (C=O) groups excluding carboxylic acids is 2. The van der Waals surface area contributed by atoms with Crippen molar-refractivity contribution in [1.29, 1.82) is 0 Å². The molecule has 0 saturated heterocycles. The van der Waals surface area contributed by atoms with Gasteiger partial charge in [0.1, 0.15) is 5.78 Å². The third-order valence-corrected chi connectivity index (χ3v) is 2.11. The zero-order valence-electron chi connectivity index (χ0n) is 8.63. The SMILES string of the molecule is CCC(C)CC(=O)CCC(=O)OC. The van der Waals surface area contributed by atoms with Crippen LogP contribution in [0.1, 0.15) is 39.5 Å². The first-order chi connectivity index (χ1) is 6.10. The minimum atomic E-state index is -0.308. The summed E-state index contributed by atoms with van der Waals surface area (Å²) in [5.74, 6) is 0.266. The molecule has 0 aliphatic heterocycles. The van der Waals surface area contributed by atoms with Gasteiger partial charge in [-0.3, -0.25) is 9.59 Å². The topological polar surface area (TPSA) is 43.4 Å². The number of methoxy groups -OCH3 is 1. The van der Waals surface area contributed by atoms with E-state index in [2.05, 4.69) is 11.7 Å². The van der Waals surface area contributed by atoms with Crippen LogP contribution in [0.3, 0.4) is 0 Å². The second kappa shape index (κ2) is 6.63. The van der Waals surface area contributed by atoms with Gasteiger partial charge in [-0.05, 0) is 5.92 Å². The molecule has 0 amide bonds. The van der Waals surface area contributed by atoms with E-state index < -0.39 is 0 Å². The zero-order chi connectivity index (χ0) is 10.3. The van der Waals surface area contributed by atoms with Crippen LogP contribution >= 0.6 is 0 Å². The highest BCUT2D eigenvalue weighted by molar-refractivity contribution is 5.82. The molecule has 0 N–H and O–H groups in total. The Morgan fingerprint density at radius 2 is 1.92 bits per heavy atom. The summed E-state index contributed by atoms with van der Waals surface area (Å²) >= 11 is 0. The molecule has 0 aromatic rings. The maximum atomic E-state index is 11.2. The molecule has 0 fully saturated rings. The molecule has 3 nitrogen and oxygen atoms in total. The molecule has 0 radical (unpaired) electrons. The molecular formula is C10H18O3. The van der Waals surface area contributed by atoms with Gasteiger partial charge in [-0.1, -0.05) is 20.3 Å². The van der Waals surface area contributed by atoms with Crippen molar-refractivity contribution in [1.82, 2.24) is 0 Å². The van der Waals surface area contributed by atoms with Crippen LogP contribution in [0.25, 0.3) is 0 Å². The van der Waals surface area contributed by atoms with Crippen molar-refractivity contribution in [3.8, 4) is 0 Å². The fourth-order valence-electron chi connectivity index (χ4n) is 0.979. The summed E-state index contributed by atoms with van der Waals surface area (Å²) in [6.45, 7) is 4.09. The van der Waals surface area contributed by atoms with Gasteiger partial charge in [-0.2, -0.15) is 0 Å². The van der Waals surface area contributed by atoms with Crippen molar-refractivity contribution >= 4 is 11.8 Å². The minimum Gasteiger partial charge on any atom is -0.469 e. The van der Waals surface area contributed by atoms with Gasteiger partial charge in [0.15, 0.2) is 0 Å². The van der Waals surface area contributed by atoms with Gasteiger partial charge in [0.25, 0.3) is 0 Å². The molecule has 1 atom stereocenters. The van der Waals surface area contributed by atoms with Crippen LogP contribution in [0.5, 0.6) is 0 Å². The molecule has 1 unspecified atom stereocenters. The summed E-state index contributed by atoms with van der Waals surface area (Å²) in [4.78, 5) is 21.9. The first-order valence-corrected chi connectivity index (χ1v) is 4.68. The number of Topliss-reactive ketones (excluding diaryl/α,β-unsaturated/α-hetero) is 1. The quantitative estimate of drug-likeness (QED) is 0.595. The molecule has 0 rings (SSSR count). The van der Waals surface area contributed by atoms with Gasteiger partial charge < -0.3 is 4.74 Å². The summed E-state index contributed by atoms with van der Waals surface area (Å²) in [5, 5.41) is 0. The molecular weight excluding hydrogens is 168 g/mol. The number of carbonyl (C=O) groups is 2. The smallest absolute Gasteiger partial charge is 0.305 e. The van der Waals surface area contributed by atoms with E-state index in [4.69, 9.17) is 0 Å². The van der Waals surface area contributed by atoms with Crippen LogP contribution in [0, 0.1) is 5.92 Å². The Morgan fingerprint density at radius 1 is 1.31 bits per heavy atom. The summed E-state index contributed by atoms with van der Waals surface area (Å²) in [5.41, 5.74) is 0. The molecule has 0 spiro atoms. The van der Waals surface area contributed by atoms with Crippen molar-refractivity contribution in [3.63, 3.8) is 0 Å². The second-order valence-corrected chi connectivity index (χ2v) is 3.33. The molecule has 0 aromatic carbocycles. The monoisotopic (exact) mass is 186 g/mol. The van der Waals surface area contributed by atoms with Crippen molar-refractivity contribution < 1.29 is 14.3 Å². The first kappa shape index (κ1) is 12.1. The molecule has 0 aliphatic carbocycles. The first-order valence-electron chi connectivity index (χ1n) is 4.68. The maximum absolute atomic E-state index is 11.2. The van der Waals surface area contributed by atoms with E-state index in [0.717, 1.165) is 6.42 Å². The molecule has 0 heterocycles. The van der Waals surface area contributed by atoms with E-state index in [1.54, 1.807) is 0 Å². The molecule has 0 aromatic heterocycles. The number of ketones is 1. The normalized spacial score (nSPS) is 12.2. The Bertz CT molecular complexity index is 175. The van der Waals surface area contributed by atoms with Crippen LogP contribution in [-0.2, 0) is 14.3 Å². The highest BCUT2D eigenvalue weighted by Crippen LogP contribution is 2.09. The van der Waals surface area contributed by atoms with Gasteiger partial charge >= 0.3 is 5.97 Å². The summed E-state index contributed by atoms with van der Waals surface area (Å²) in [6.07, 6.45) is 2.11. The van der Waals surface area contributed by atoms with Crippen molar-refractivity contribution in [2.75, 3.05) is 7.11 Å². The van der Waals surface area contributed by atoms with Crippen LogP contribution < -0.4 is 0 Å². The van der Waals surface area contributed by atoms with Gasteiger partial charge in [-0.15, -0.1) is 0 Å². The maximum Gasteiger partial charge on any atom is 0.305 e. The molecule has 0 bridgehead atoms. The Kier molecular flexibility index (Phi) is 6.20. The number of hydrogen-bond donors (Lipinski definition) is 0. The van der Waals surface area contributed by atoms with E-state index in [1.165, 1.54) is 7.11 Å². The number of esters is 1. The highest BCUT2D eigenvalue weighted by Gasteiger charge is 2.09. The Balaban J connectivity index is 3.57. The molecule has 3 heteroatoms. The molecule has 76 valence electrons. The Morgan fingerprint density at radius 3 is 2.38 bits per heavy atom. The predicted molar refractivity (Wildman–Crippen MR) is 50.3 cm³/mol. The van der Waals surface area contributed by atoms with Crippen LogP contribution in [0.15, 0.2) is 0 Å². The summed E-state index contributed by atoms with van der Waals surface area (Å²) in [7, 11) is 1.33. The highest BCUT2D eigenvalue weighted by atomic mass is 16.5. The van der Waals surface area contributed by atoms with Gasteiger partial charge in [0.2, 0.25) is 0 Å². The fraction of sp³-hybridized carbons (Fsp3) is 0.800. The zero-order valence-corrected chi connectivity index (χ0v) is 8.63. The summed E-state index contributed by atoms with van der Waals surface area (Å²) in [6, 6.07) is 0. The Labute approximate surface area is 79.5 Å². The van der Waals surface area contributed by atoms with E-state index in [-0.39, 0.29) is 18.2 Å². The van der Waals surface area contributed by atoms with E-state index >= 15 is 0 Å². The van der Waals surface area contributed by atoms with E-state index in [9.17, 15) is 9.59 Å². The average molecular weight is 186 g/mol. The van der Waals surface area contributed by atoms with Gasteiger partial charge in [0.05, 0.1) is 13.5 Å². The molecule has 0 aliphatic rings. The number of hydrogen-bond acceptors (Lipinski definition) is 3. The van der Waals surface area contributed by atoms with Crippen molar-refractivity contribution in [2.24, 2.45) is 5.92 Å². The standard InChI is InChI=1S/C10H18O3/c1-4-8(2)7-9(11)5-6-10(12)13-3/h8H,4-7H2,1-3H3. The van der Waals surface area contributed by atoms with Gasteiger partial charge in [-0.25, -0.2) is 0 Å². The second-order valence-electron chi connectivity index (χ2n) is 3.33. The lowest BCUT2D eigenvalue weighted by Crippen LogP contribution is -2.08. The lowest BCUT2D eigenvalue weighted by Gasteiger charge is -2.05. The largest absolute Gasteiger partial charge is 0.469 e. The Hall–Kier alpha value is -0.860. The fourth-order valence-corrected chi connectivity index (χ4v) is 0.979. The summed E-state index contributed by atoms with van der Waals surface area (Å²) < 4.78 is 4.44. The molecule has 13 heavy (non-hydrogen) atoms. The predicted octanol–water partition coefficient (Wildman–Crippen LogP) is 1.94. The van der Waals surface area contributed by atoms with Gasteiger partial charge in [0, 0.05) is 12.8 Å². The van der Waals surface area contributed by atoms with E-state index in [1.807, 2.05) is 6.92 Å². The lowest BCUT2D eigenvalue weighted by atomic mass is 10.00. The third-order valence-electron chi connectivity index (χ3n) is 2.11. The van der Waals surface area contributed by atoms with Crippen LogP contribution in [0.4, 0.5) is 0 Å². The van der Waals surface area contributed by atoms with Crippen molar-refractivity contribution in [3.05, 3.63) is 0 Å². The average Bonchev–Trinajstić information content (AvgIpc) is 2.13. The molecule has 0 saturated carbocycles. The van der Waals surface area contributed by atoms with Crippen molar-refractivity contribution in [2.45, 2.75) is 39.5 Å². The minimum absolute atomic E-state index is 0.153. The van der Waals surface area contributed by atoms with Crippen LogP contribution in [0.2, 0.25) is 0 Å². The lowest BCUT2D eigenvalue weighted by molar-refractivity contribution is -0.142. The van der Waals surface area contributed by atoms with E-state index in [0.29, 0.717) is 18.8 Å². The number of ether oxygens (including phenoxy) is 1. The van der Waals surface area contributed by atoms with Crippen LogP contribution in [-0.4, -0.2) is 18.9 Å².